The van der Waals surface area contributed by atoms with Gasteiger partial charge in [0.25, 0.3) is 0 Å². The quantitative estimate of drug-likeness (QED) is 0.181. The molecule has 1 N–H and O–H groups in total. The fourth-order valence-electron chi connectivity index (χ4n) is 3.58. The second kappa shape index (κ2) is 10.7. The Morgan fingerprint density at radius 2 is 1.88 bits per heavy atom. The third-order valence-electron chi connectivity index (χ3n) is 5.13. The number of oxime groups is 1. The Hall–Kier alpha value is -3.12. The molecule has 6 nitrogen and oxygen atoms in total. The highest BCUT2D eigenvalue weighted by Gasteiger charge is 2.21. The lowest BCUT2D eigenvalue weighted by Crippen LogP contribution is -2.24. The molecular weight excluding hydrogens is 438 g/mol. The first kappa shape index (κ1) is 24.5. The maximum atomic E-state index is 12.7. The number of imidazole rings is 1. The van der Waals surface area contributed by atoms with E-state index in [2.05, 4.69) is 17.1 Å². The topological polar surface area (TPSA) is 76.7 Å². The Morgan fingerprint density at radius 3 is 2.52 bits per heavy atom. The van der Waals surface area contributed by atoms with Gasteiger partial charge >= 0.3 is 5.97 Å². The van der Waals surface area contributed by atoms with Crippen LogP contribution in [-0.2, 0) is 17.7 Å². The highest BCUT2D eigenvalue weighted by molar-refractivity contribution is 6.31. The number of hydrogen-bond donors (Lipinski definition) is 1. The standard InChI is InChI=1S/C26H30ClN3O3/c1-5-6-11-23-29-24(27)22(16-28-32)30(23)17-18-12-14-19(15-13-18)20-9-7-8-10-21(20)25(31)33-26(2,3)4/h7-10,12-16,32H,5-6,11,17H2,1-4H3. The zero-order valence-corrected chi connectivity index (χ0v) is 20.3. The summed E-state index contributed by atoms with van der Waals surface area (Å²) in [6.45, 7) is 8.23. The van der Waals surface area contributed by atoms with E-state index < -0.39 is 5.60 Å². The second-order valence-electron chi connectivity index (χ2n) is 8.88. The fourth-order valence-corrected chi connectivity index (χ4v) is 3.83. The molecule has 0 atom stereocenters. The normalized spacial score (nSPS) is 11.8. The van der Waals surface area contributed by atoms with E-state index in [4.69, 9.17) is 21.5 Å². The minimum absolute atomic E-state index is 0.321. The van der Waals surface area contributed by atoms with Gasteiger partial charge in [0.2, 0.25) is 0 Å². The number of unbranched alkanes of at least 4 members (excludes halogenated alkanes) is 1. The van der Waals surface area contributed by atoms with E-state index in [0.29, 0.717) is 23.0 Å². The van der Waals surface area contributed by atoms with E-state index >= 15 is 0 Å². The van der Waals surface area contributed by atoms with Crippen molar-refractivity contribution in [3.63, 3.8) is 0 Å². The van der Waals surface area contributed by atoms with Gasteiger partial charge in [-0.05, 0) is 49.9 Å². The van der Waals surface area contributed by atoms with Gasteiger partial charge in [0.15, 0.2) is 5.15 Å². The number of aromatic nitrogens is 2. The molecule has 0 aliphatic carbocycles. The maximum absolute atomic E-state index is 12.7. The van der Waals surface area contributed by atoms with E-state index in [-0.39, 0.29) is 5.97 Å². The van der Waals surface area contributed by atoms with Crippen LogP contribution in [0.1, 0.15) is 68.0 Å². The first-order chi connectivity index (χ1) is 15.7. The number of halogens is 1. The first-order valence-corrected chi connectivity index (χ1v) is 11.4. The van der Waals surface area contributed by atoms with Gasteiger partial charge in [-0.2, -0.15) is 0 Å². The number of carbonyl (C=O) groups is 1. The molecule has 3 rings (SSSR count). The Kier molecular flexibility index (Phi) is 7.92. The maximum Gasteiger partial charge on any atom is 0.339 e. The van der Waals surface area contributed by atoms with Crippen molar-refractivity contribution in [2.45, 2.75) is 59.1 Å². The molecule has 2 aromatic carbocycles. The van der Waals surface area contributed by atoms with E-state index in [0.717, 1.165) is 41.8 Å². The molecule has 0 unspecified atom stereocenters. The lowest BCUT2D eigenvalue weighted by atomic mass is 9.98. The summed E-state index contributed by atoms with van der Waals surface area (Å²) in [7, 11) is 0. The number of esters is 1. The molecule has 0 aliphatic rings. The number of ether oxygens (including phenoxy) is 1. The van der Waals surface area contributed by atoms with Crippen molar-refractivity contribution in [1.29, 1.82) is 0 Å². The molecule has 1 heterocycles. The Labute approximate surface area is 199 Å². The van der Waals surface area contributed by atoms with Crippen molar-refractivity contribution in [2.24, 2.45) is 5.16 Å². The molecule has 0 radical (unpaired) electrons. The molecule has 0 saturated heterocycles. The Bertz CT molecular complexity index is 1130. The zero-order chi connectivity index (χ0) is 24.0. The van der Waals surface area contributed by atoms with Crippen LogP contribution < -0.4 is 0 Å². The van der Waals surface area contributed by atoms with Crippen LogP contribution in [0, 0.1) is 0 Å². The van der Waals surface area contributed by atoms with Crippen LogP contribution in [0.3, 0.4) is 0 Å². The highest BCUT2D eigenvalue weighted by atomic mass is 35.5. The van der Waals surface area contributed by atoms with Gasteiger partial charge in [-0.3, -0.25) is 0 Å². The van der Waals surface area contributed by atoms with Gasteiger partial charge in [0, 0.05) is 13.0 Å². The molecule has 3 aromatic rings. The highest BCUT2D eigenvalue weighted by Crippen LogP contribution is 2.27. The minimum Gasteiger partial charge on any atom is -0.456 e. The van der Waals surface area contributed by atoms with E-state index in [9.17, 15) is 4.79 Å². The summed E-state index contributed by atoms with van der Waals surface area (Å²) in [5, 5.41) is 12.5. The fraction of sp³-hybridized carbons (Fsp3) is 0.346. The molecule has 7 heteroatoms. The monoisotopic (exact) mass is 467 g/mol. The van der Waals surface area contributed by atoms with Crippen LogP contribution in [0.15, 0.2) is 53.7 Å². The van der Waals surface area contributed by atoms with Gasteiger partial charge in [0.05, 0.1) is 11.8 Å². The molecule has 174 valence electrons. The molecule has 0 bridgehead atoms. The third kappa shape index (κ3) is 6.23. The first-order valence-electron chi connectivity index (χ1n) is 11.1. The average molecular weight is 468 g/mol. The van der Waals surface area contributed by atoms with E-state index in [1.54, 1.807) is 6.07 Å². The van der Waals surface area contributed by atoms with Crippen LogP contribution in [0.25, 0.3) is 11.1 Å². The van der Waals surface area contributed by atoms with Crippen molar-refractivity contribution < 1.29 is 14.7 Å². The van der Waals surface area contributed by atoms with Gasteiger partial charge in [-0.25, -0.2) is 9.78 Å². The van der Waals surface area contributed by atoms with Crippen LogP contribution in [-0.4, -0.2) is 32.5 Å². The predicted octanol–water partition coefficient (Wildman–Crippen LogP) is 6.36. The molecule has 0 fully saturated rings. The Morgan fingerprint density at radius 1 is 1.18 bits per heavy atom. The third-order valence-corrected chi connectivity index (χ3v) is 5.40. The molecular formula is C26H30ClN3O3. The van der Waals surface area contributed by atoms with Crippen molar-refractivity contribution in [3.05, 3.63) is 76.3 Å². The van der Waals surface area contributed by atoms with Gasteiger partial charge in [0.1, 0.15) is 17.1 Å². The number of carbonyl (C=O) groups excluding carboxylic acids is 1. The number of rotatable bonds is 8. The lowest BCUT2D eigenvalue weighted by Gasteiger charge is -2.20. The van der Waals surface area contributed by atoms with Crippen molar-refractivity contribution >= 4 is 23.8 Å². The zero-order valence-electron chi connectivity index (χ0n) is 19.5. The molecule has 1 aromatic heterocycles. The van der Waals surface area contributed by atoms with Crippen molar-refractivity contribution in [1.82, 2.24) is 9.55 Å². The molecule has 0 spiro atoms. The van der Waals surface area contributed by atoms with Crippen LogP contribution in [0.5, 0.6) is 0 Å². The van der Waals surface area contributed by atoms with Crippen LogP contribution in [0.4, 0.5) is 0 Å². The van der Waals surface area contributed by atoms with Crippen molar-refractivity contribution in [3.8, 4) is 11.1 Å². The lowest BCUT2D eigenvalue weighted by molar-refractivity contribution is 0.00704. The largest absolute Gasteiger partial charge is 0.456 e. The van der Waals surface area contributed by atoms with Gasteiger partial charge in [-0.1, -0.05) is 72.6 Å². The second-order valence-corrected chi connectivity index (χ2v) is 9.24. The number of benzene rings is 2. The summed E-state index contributed by atoms with van der Waals surface area (Å²) in [5.41, 5.74) is 3.32. The molecule has 0 aliphatic heterocycles. The van der Waals surface area contributed by atoms with Crippen LogP contribution in [0.2, 0.25) is 5.15 Å². The molecule has 0 amide bonds. The molecule has 0 saturated carbocycles. The number of nitrogens with zero attached hydrogens (tertiary/aromatic N) is 3. The number of aryl methyl sites for hydroxylation is 1. The summed E-state index contributed by atoms with van der Waals surface area (Å²) < 4.78 is 7.55. The van der Waals surface area contributed by atoms with Gasteiger partial charge < -0.3 is 14.5 Å². The summed E-state index contributed by atoms with van der Waals surface area (Å²) in [6, 6.07) is 15.4. The van der Waals surface area contributed by atoms with Crippen LogP contribution >= 0.6 is 11.6 Å². The minimum atomic E-state index is -0.564. The summed E-state index contributed by atoms with van der Waals surface area (Å²) >= 11 is 6.29. The van der Waals surface area contributed by atoms with E-state index in [1.807, 2.05) is 67.8 Å². The smallest absolute Gasteiger partial charge is 0.339 e. The summed E-state index contributed by atoms with van der Waals surface area (Å²) in [5.74, 6) is 0.514. The van der Waals surface area contributed by atoms with Crippen molar-refractivity contribution in [2.75, 3.05) is 0 Å². The predicted molar refractivity (Wildman–Crippen MR) is 131 cm³/mol. The Balaban J connectivity index is 1.89. The summed E-state index contributed by atoms with van der Waals surface area (Å²) in [4.78, 5) is 17.2. The average Bonchev–Trinajstić information content (AvgIpc) is 3.06. The van der Waals surface area contributed by atoms with Gasteiger partial charge in [-0.15, -0.1) is 0 Å². The molecule has 33 heavy (non-hydrogen) atoms. The van der Waals surface area contributed by atoms with E-state index in [1.165, 1.54) is 6.21 Å². The summed E-state index contributed by atoms with van der Waals surface area (Å²) in [6.07, 6.45) is 4.14. The SMILES string of the molecule is CCCCc1nc(Cl)c(C=NO)n1Cc1ccc(-c2ccccc2C(=O)OC(C)(C)C)cc1. The number of hydrogen-bond acceptors (Lipinski definition) is 5.